The van der Waals surface area contributed by atoms with Gasteiger partial charge in [0.2, 0.25) is 5.91 Å². The van der Waals surface area contributed by atoms with E-state index >= 15 is 0 Å². The Morgan fingerprint density at radius 3 is 2.70 bits per heavy atom. The summed E-state index contributed by atoms with van der Waals surface area (Å²) in [7, 11) is 3.23. The van der Waals surface area contributed by atoms with Crippen molar-refractivity contribution in [2.24, 2.45) is 11.7 Å². The molecule has 2 unspecified atom stereocenters. The molecule has 1 aliphatic rings. The topological polar surface area (TPSA) is 73.6 Å². The van der Waals surface area contributed by atoms with Gasteiger partial charge < -0.3 is 20.5 Å². The Bertz CT molecular complexity index is 535. The highest BCUT2D eigenvalue weighted by molar-refractivity contribution is 5.85. The van der Waals surface area contributed by atoms with Crippen molar-refractivity contribution in [2.45, 2.75) is 44.7 Å². The lowest BCUT2D eigenvalue weighted by Gasteiger charge is -2.37. The van der Waals surface area contributed by atoms with Crippen molar-refractivity contribution in [1.29, 1.82) is 0 Å². The number of hydrogen-bond donors (Lipinski definition) is 2. The number of halogens is 1. The van der Waals surface area contributed by atoms with Gasteiger partial charge in [0.05, 0.1) is 20.1 Å². The monoisotopic (exact) mass is 342 g/mol. The number of benzene rings is 1. The van der Waals surface area contributed by atoms with Crippen molar-refractivity contribution in [3.8, 4) is 11.5 Å². The average Bonchev–Trinajstić information content (AvgIpc) is 2.51. The van der Waals surface area contributed by atoms with E-state index < -0.39 is 5.54 Å². The van der Waals surface area contributed by atoms with Crippen LogP contribution in [0.15, 0.2) is 18.2 Å². The van der Waals surface area contributed by atoms with E-state index in [2.05, 4.69) is 5.32 Å². The lowest BCUT2D eigenvalue weighted by molar-refractivity contribution is -0.128. The maximum absolute atomic E-state index is 12.5. The first-order valence-electron chi connectivity index (χ1n) is 7.75. The van der Waals surface area contributed by atoms with Crippen LogP contribution in [0.25, 0.3) is 0 Å². The molecule has 1 fully saturated rings. The molecule has 2 atom stereocenters. The van der Waals surface area contributed by atoms with Gasteiger partial charge in [0, 0.05) is 17.6 Å². The molecule has 2 rings (SSSR count). The molecule has 1 aromatic rings. The standard InChI is InChI=1S/C17H26N2O3.ClH/c1-17(18)9-5-4-6-14(17)16(20)19-11-12-10-13(21-2)7-8-15(12)22-3;/h7-8,10,14H,4-6,9,11,18H2,1-3H3,(H,19,20);1H. The van der Waals surface area contributed by atoms with E-state index in [0.717, 1.165) is 42.7 Å². The van der Waals surface area contributed by atoms with Gasteiger partial charge in [-0.1, -0.05) is 12.8 Å². The molecule has 0 saturated heterocycles. The molecule has 0 heterocycles. The number of nitrogens with two attached hydrogens (primary N) is 1. The first kappa shape index (κ1) is 19.6. The van der Waals surface area contributed by atoms with Crippen LogP contribution in [-0.2, 0) is 11.3 Å². The van der Waals surface area contributed by atoms with Crippen LogP contribution in [0.4, 0.5) is 0 Å². The Morgan fingerprint density at radius 1 is 1.35 bits per heavy atom. The summed E-state index contributed by atoms with van der Waals surface area (Å²) in [5, 5.41) is 3.00. The number of carbonyl (C=O) groups is 1. The summed E-state index contributed by atoms with van der Waals surface area (Å²) >= 11 is 0. The van der Waals surface area contributed by atoms with Crippen molar-refractivity contribution >= 4 is 18.3 Å². The van der Waals surface area contributed by atoms with E-state index in [1.165, 1.54) is 0 Å². The number of rotatable bonds is 5. The molecule has 1 aliphatic carbocycles. The SMILES string of the molecule is COc1ccc(OC)c(CNC(=O)C2CCCCC2(C)N)c1.Cl. The van der Waals surface area contributed by atoms with Crippen molar-refractivity contribution in [1.82, 2.24) is 5.32 Å². The van der Waals surface area contributed by atoms with Gasteiger partial charge in [-0.3, -0.25) is 4.79 Å². The van der Waals surface area contributed by atoms with E-state index in [-0.39, 0.29) is 24.2 Å². The lowest BCUT2D eigenvalue weighted by atomic mass is 9.74. The maximum Gasteiger partial charge on any atom is 0.225 e. The summed E-state index contributed by atoms with van der Waals surface area (Å²) in [6.07, 6.45) is 3.91. The molecule has 0 spiro atoms. The summed E-state index contributed by atoms with van der Waals surface area (Å²) in [4.78, 5) is 12.5. The van der Waals surface area contributed by atoms with Gasteiger partial charge in [0.15, 0.2) is 0 Å². The summed E-state index contributed by atoms with van der Waals surface area (Å²) in [6, 6.07) is 5.55. The lowest BCUT2D eigenvalue weighted by Crippen LogP contribution is -2.52. The van der Waals surface area contributed by atoms with Gasteiger partial charge in [-0.15, -0.1) is 12.4 Å². The first-order chi connectivity index (χ1) is 10.5. The van der Waals surface area contributed by atoms with E-state index in [9.17, 15) is 4.79 Å². The Balaban J connectivity index is 0.00000264. The van der Waals surface area contributed by atoms with E-state index in [1.807, 2.05) is 25.1 Å². The average molecular weight is 343 g/mol. The minimum absolute atomic E-state index is 0. The molecule has 1 saturated carbocycles. The zero-order chi connectivity index (χ0) is 16.2. The van der Waals surface area contributed by atoms with Gasteiger partial charge in [-0.05, 0) is 38.0 Å². The number of hydrogen-bond acceptors (Lipinski definition) is 4. The minimum atomic E-state index is -0.416. The quantitative estimate of drug-likeness (QED) is 0.862. The highest BCUT2D eigenvalue weighted by Gasteiger charge is 2.37. The van der Waals surface area contributed by atoms with Gasteiger partial charge in [0.25, 0.3) is 0 Å². The second-order valence-electron chi connectivity index (χ2n) is 6.20. The second-order valence-corrected chi connectivity index (χ2v) is 6.20. The number of carbonyl (C=O) groups excluding carboxylic acids is 1. The molecule has 0 aromatic heterocycles. The van der Waals surface area contributed by atoms with Gasteiger partial charge in [-0.2, -0.15) is 0 Å². The highest BCUT2D eigenvalue weighted by atomic mass is 35.5. The Hall–Kier alpha value is -1.46. The minimum Gasteiger partial charge on any atom is -0.497 e. The third-order valence-electron chi connectivity index (χ3n) is 4.51. The van der Waals surface area contributed by atoms with Crippen LogP contribution in [0.5, 0.6) is 11.5 Å². The highest BCUT2D eigenvalue weighted by Crippen LogP contribution is 2.32. The molecule has 1 amide bonds. The van der Waals surface area contributed by atoms with Crippen LogP contribution < -0.4 is 20.5 Å². The maximum atomic E-state index is 12.5. The Labute approximate surface area is 144 Å². The molecule has 130 valence electrons. The van der Waals surface area contributed by atoms with Crippen LogP contribution in [0.2, 0.25) is 0 Å². The summed E-state index contributed by atoms with van der Waals surface area (Å²) in [6.45, 7) is 2.38. The third kappa shape index (κ3) is 4.75. The third-order valence-corrected chi connectivity index (χ3v) is 4.51. The van der Waals surface area contributed by atoms with Crippen LogP contribution >= 0.6 is 12.4 Å². The van der Waals surface area contributed by atoms with Crippen LogP contribution in [-0.4, -0.2) is 25.7 Å². The number of amides is 1. The molecular weight excluding hydrogens is 316 g/mol. The van der Waals surface area contributed by atoms with Crippen LogP contribution in [0.3, 0.4) is 0 Å². The van der Waals surface area contributed by atoms with Crippen molar-refractivity contribution in [2.75, 3.05) is 14.2 Å². The molecule has 0 bridgehead atoms. The Morgan fingerprint density at radius 2 is 2.09 bits per heavy atom. The largest absolute Gasteiger partial charge is 0.497 e. The van der Waals surface area contributed by atoms with Crippen molar-refractivity contribution < 1.29 is 14.3 Å². The number of nitrogens with one attached hydrogen (secondary N) is 1. The summed E-state index contributed by atoms with van der Waals surface area (Å²) in [5.41, 5.74) is 6.77. The molecule has 1 aromatic carbocycles. The molecule has 3 N–H and O–H groups in total. The van der Waals surface area contributed by atoms with E-state index in [1.54, 1.807) is 14.2 Å². The molecular formula is C17H27ClN2O3. The van der Waals surface area contributed by atoms with Gasteiger partial charge >= 0.3 is 0 Å². The van der Waals surface area contributed by atoms with Gasteiger partial charge in [0.1, 0.15) is 11.5 Å². The fraction of sp³-hybridized carbons (Fsp3) is 0.588. The van der Waals surface area contributed by atoms with Crippen LogP contribution in [0, 0.1) is 5.92 Å². The smallest absolute Gasteiger partial charge is 0.225 e. The van der Waals surface area contributed by atoms with Crippen LogP contribution in [0.1, 0.15) is 38.2 Å². The van der Waals surface area contributed by atoms with E-state index in [0.29, 0.717) is 6.54 Å². The molecule has 0 aliphatic heterocycles. The summed E-state index contributed by atoms with van der Waals surface area (Å²) in [5.74, 6) is 1.37. The molecule has 0 radical (unpaired) electrons. The zero-order valence-corrected chi connectivity index (χ0v) is 14.9. The Kier molecular flexibility index (Phi) is 7.16. The second kappa shape index (κ2) is 8.41. The summed E-state index contributed by atoms with van der Waals surface area (Å²) < 4.78 is 10.6. The number of ether oxygens (including phenoxy) is 2. The van der Waals surface area contributed by atoms with Crippen molar-refractivity contribution in [3.63, 3.8) is 0 Å². The normalized spacial score (nSPS) is 23.6. The fourth-order valence-corrected chi connectivity index (χ4v) is 3.11. The fourth-order valence-electron chi connectivity index (χ4n) is 3.11. The predicted molar refractivity (Wildman–Crippen MR) is 93.2 cm³/mol. The molecule has 5 nitrogen and oxygen atoms in total. The van der Waals surface area contributed by atoms with E-state index in [4.69, 9.17) is 15.2 Å². The predicted octanol–water partition coefficient (Wildman–Crippen LogP) is 2.65. The number of methoxy groups -OCH3 is 2. The molecule has 23 heavy (non-hydrogen) atoms. The zero-order valence-electron chi connectivity index (χ0n) is 14.1. The molecule has 6 heteroatoms. The van der Waals surface area contributed by atoms with Gasteiger partial charge in [-0.25, -0.2) is 0 Å². The first-order valence-corrected chi connectivity index (χ1v) is 7.75. The van der Waals surface area contributed by atoms with Crippen molar-refractivity contribution in [3.05, 3.63) is 23.8 Å².